The van der Waals surface area contributed by atoms with Gasteiger partial charge in [-0.25, -0.2) is 13.2 Å². The summed E-state index contributed by atoms with van der Waals surface area (Å²) in [7, 11) is 0. The first kappa shape index (κ1) is 25.0. The van der Waals surface area contributed by atoms with Crippen molar-refractivity contribution in [2.75, 3.05) is 17.2 Å². The standard InChI is InChI=1S/C24H23F3N4O5/c1-2-34-23(33)13-3-7-15(8-4-13)35-16-9-5-14(6-10-16)28-21(32)22-30-31-24(36-22)29-20-12-18(26)17(25)11-19(20)27/h5-6,9-13,15H,2-4,7-8H2,1H3,(H,28,32)(H,29,31). The van der Waals surface area contributed by atoms with Crippen LogP contribution < -0.4 is 15.4 Å². The van der Waals surface area contributed by atoms with Crippen molar-refractivity contribution in [1.82, 2.24) is 10.2 Å². The van der Waals surface area contributed by atoms with E-state index in [1.807, 2.05) is 0 Å². The molecule has 9 nitrogen and oxygen atoms in total. The van der Waals surface area contributed by atoms with Gasteiger partial charge in [0.15, 0.2) is 11.6 Å². The molecule has 190 valence electrons. The SMILES string of the molecule is CCOC(=O)C1CCC(Oc2ccc(NC(=O)c3nnc(Nc4cc(F)c(F)cc4F)o3)cc2)CC1. The monoisotopic (exact) mass is 504 g/mol. The fourth-order valence-corrected chi connectivity index (χ4v) is 3.77. The van der Waals surface area contributed by atoms with Crippen molar-refractivity contribution in [2.45, 2.75) is 38.7 Å². The van der Waals surface area contributed by atoms with E-state index in [1.165, 1.54) is 0 Å². The van der Waals surface area contributed by atoms with Crippen LogP contribution in [-0.2, 0) is 9.53 Å². The number of carbonyl (C=O) groups excluding carboxylic acids is 2. The van der Waals surface area contributed by atoms with E-state index in [2.05, 4.69) is 20.8 Å². The number of anilines is 3. The Balaban J connectivity index is 1.29. The van der Waals surface area contributed by atoms with Gasteiger partial charge in [-0.05, 0) is 56.9 Å². The van der Waals surface area contributed by atoms with Crippen LogP contribution in [0.5, 0.6) is 5.75 Å². The van der Waals surface area contributed by atoms with Gasteiger partial charge in [0.05, 0.1) is 24.3 Å². The number of nitrogens with one attached hydrogen (secondary N) is 2. The number of halogens is 3. The van der Waals surface area contributed by atoms with E-state index >= 15 is 0 Å². The van der Waals surface area contributed by atoms with E-state index in [4.69, 9.17) is 13.9 Å². The first-order chi connectivity index (χ1) is 17.3. The van der Waals surface area contributed by atoms with Gasteiger partial charge in [0, 0.05) is 17.8 Å². The molecule has 1 aliphatic carbocycles. The molecule has 36 heavy (non-hydrogen) atoms. The lowest BCUT2D eigenvalue weighted by molar-refractivity contribution is -0.149. The van der Waals surface area contributed by atoms with Crippen molar-refractivity contribution in [1.29, 1.82) is 0 Å². The second-order valence-electron chi connectivity index (χ2n) is 8.11. The minimum absolute atomic E-state index is 0.0140. The van der Waals surface area contributed by atoms with Crippen LogP contribution in [0.25, 0.3) is 0 Å². The fraction of sp³-hybridized carbons (Fsp3) is 0.333. The normalized spacial score (nSPS) is 17.3. The van der Waals surface area contributed by atoms with Gasteiger partial charge in [-0.1, -0.05) is 5.10 Å². The highest BCUT2D eigenvalue weighted by atomic mass is 19.2. The minimum Gasteiger partial charge on any atom is -0.490 e. The summed E-state index contributed by atoms with van der Waals surface area (Å²) in [5.41, 5.74) is -0.00722. The zero-order valence-corrected chi connectivity index (χ0v) is 19.2. The Morgan fingerprint density at radius 2 is 1.69 bits per heavy atom. The Morgan fingerprint density at radius 3 is 2.39 bits per heavy atom. The summed E-state index contributed by atoms with van der Waals surface area (Å²) in [6.07, 6.45) is 2.89. The maximum atomic E-state index is 13.8. The number of hydrogen-bond donors (Lipinski definition) is 2. The molecular formula is C24H23F3N4O5. The van der Waals surface area contributed by atoms with Crippen LogP contribution in [0.2, 0.25) is 0 Å². The molecule has 1 amide bonds. The summed E-state index contributed by atoms with van der Waals surface area (Å²) in [5.74, 6) is -4.48. The van der Waals surface area contributed by atoms with E-state index < -0.39 is 34.9 Å². The number of carbonyl (C=O) groups is 2. The van der Waals surface area contributed by atoms with Crippen molar-refractivity contribution in [3.8, 4) is 5.75 Å². The Labute approximate surface area is 204 Å². The van der Waals surface area contributed by atoms with Crippen LogP contribution in [0.15, 0.2) is 40.8 Å². The van der Waals surface area contributed by atoms with Crippen LogP contribution in [0.1, 0.15) is 43.3 Å². The smallest absolute Gasteiger partial charge is 0.320 e. The van der Waals surface area contributed by atoms with Gasteiger partial charge in [-0.2, -0.15) is 0 Å². The quantitative estimate of drug-likeness (QED) is 0.326. The summed E-state index contributed by atoms with van der Waals surface area (Å²) in [6, 6.07) is 7.21. The van der Waals surface area contributed by atoms with E-state index in [-0.39, 0.29) is 24.0 Å². The molecule has 1 saturated carbocycles. The number of nitrogens with zero attached hydrogens (tertiary/aromatic N) is 2. The summed E-state index contributed by atoms with van der Waals surface area (Å²) >= 11 is 0. The molecule has 1 heterocycles. The molecule has 0 unspecified atom stereocenters. The van der Waals surface area contributed by atoms with Gasteiger partial charge in [0.25, 0.3) is 0 Å². The van der Waals surface area contributed by atoms with Crippen molar-refractivity contribution in [3.05, 3.63) is 59.7 Å². The molecular weight excluding hydrogens is 481 g/mol. The van der Waals surface area contributed by atoms with Crippen LogP contribution >= 0.6 is 0 Å². The topological polar surface area (TPSA) is 116 Å². The summed E-state index contributed by atoms with van der Waals surface area (Å²) in [5, 5.41) is 12.0. The van der Waals surface area contributed by atoms with Crippen LogP contribution in [-0.4, -0.2) is 34.8 Å². The Bertz CT molecular complexity index is 1230. The van der Waals surface area contributed by atoms with E-state index in [0.717, 1.165) is 12.8 Å². The maximum Gasteiger partial charge on any atom is 0.320 e. The van der Waals surface area contributed by atoms with Gasteiger partial charge in [0.1, 0.15) is 11.6 Å². The number of amides is 1. The predicted octanol–water partition coefficient (Wildman–Crippen LogP) is 4.98. The third kappa shape index (κ3) is 6.12. The van der Waals surface area contributed by atoms with Crippen molar-refractivity contribution >= 4 is 29.3 Å². The molecule has 1 aromatic heterocycles. The summed E-state index contributed by atoms with van der Waals surface area (Å²) < 4.78 is 56.3. The first-order valence-electron chi connectivity index (χ1n) is 11.3. The second kappa shape index (κ2) is 11.1. The van der Waals surface area contributed by atoms with Crippen LogP contribution in [0.4, 0.5) is 30.6 Å². The van der Waals surface area contributed by atoms with Crippen LogP contribution in [0, 0.1) is 23.4 Å². The molecule has 0 aliphatic heterocycles. The van der Waals surface area contributed by atoms with Gasteiger partial charge in [-0.3, -0.25) is 9.59 Å². The lowest BCUT2D eigenvalue weighted by atomic mass is 9.87. The van der Waals surface area contributed by atoms with Gasteiger partial charge in [-0.15, -0.1) is 5.10 Å². The number of rotatable bonds is 8. The van der Waals surface area contributed by atoms with Gasteiger partial charge < -0.3 is 24.5 Å². The molecule has 12 heteroatoms. The number of esters is 1. The third-order valence-corrected chi connectivity index (χ3v) is 5.58. The van der Waals surface area contributed by atoms with E-state index in [9.17, 15) is 22.8 Å². The van der Waals surface area contributed by atoms with Gasteiger partial charge in [0.2, 0.25) is 0 Å². The van der Waals surface area contributed by atoms with Gasteiger partial charge >= 0.3 is 23.8 Å². The lowest BCUT2D eigenvalue weighted by Gasteiger charge is -2.27. The molecule has 3 aromatic rings. The molecule has 0 saturated heterocycles. The number of hydrogen-bond acceptors (Lipinski definition) is 8. The molecule has 0 spiro atoms. The maximum absolute atomic E-state index is 13.8. The molecule has 2 aromatic carbocycles. The van der Waals surface area contributed by atoms with Crippen molar-refractivity contribution in [2.24, 2.45) is 5.92 Å². The van der Waals surface area contributed by atoms with E-state index in [0.29, 0.717) is 43.0 Å². The number of aromatic nitrogens is 2. The highest BCUT2D eigenvalue weighted by Gasteiger charge is 2.28. The zero-order valence-electron chi connectivity index (χ0n) is 19.2. The second-order valence-corrected chi connectivity index (χ2v) is 8.11. The summed E-state index contributed by atoms with van der Waals surface area (Å²) in [4.78, 5) is 24.2. The Kier molecular flexibility index (Phi) is 7.71. The zero-order chi connectivity index (χ0) is 25.7. The number of ether oxygens (including phenoxy) is 2. The minimum atomic E-state index is -1.35. The molecule has 0 bridgehead atoms. The molecule has 4 rings (SSSR count). The largest absolute Gasteiger partial charge is 0.490 e. The molecule has 1 aliphatic rings. The van der Waals surface area contributed by atoms with E-state index in [1.54, 1.807) is 31.2 Å². The van der Waals surface area contributed by atoms with Crippen molar-refractivity contribution < 1.29 is 36.7 Å². The Hall–Kier alpha value is -4.09. The van der Waals surface area contributed by atoms with Crippen LogP contribution in [0.3, 0.4) is 0 Å². The highest BCUT2D eigenvalue weighted by molar-refractivity contribution is 6.00. The molecule has 0 radical (unpaired) electrons. The Morgan fingerprint density at radius 1 is 1.00 bits per heavy atom. The molecule has 1 fully saturated rings. The molecule has 2 N–H and O–H groups in total. The molecule has 0 atom stereocenters. The predicted molar refractivity (Wildman–Crippen MR) is 121 cm³/mol. The number of benzene rings is 2. The third-order valence-electron chi connectivity index (χ3n) is 5.58. The lowest BCUT2D eigenvalue weighted by Crippen LogP contribution is -2.29. The highest BCUT2D eigenvalue weighted by Crippen LogP contribution is 2.29. The van der Waals surface area contributed by atoms with Crippen molar-refractivity contribution in [3.63, 3.8) is 0 Å². The average molecular weight is 504 g/mol. The average Bonchev–Trinajstić information content (AvgIpc) is 3.33. The fourth-order valence-electron chi connectivity index (χ4n) is 3.77. The first-order valence-corrected chi connectivity index (χ1v) is 11.3. The summed E-state index contributed by atoms with van der Waals surface area (Å²) in [6.45, 7) is 2.16.